The maximum atomic E-state index is 5.93. The minimum atomic E-state index is 0.147. The molecule has 102 valence electrons. The summed E-state index contributed by atoms with van der Waals surface area (Å²) < 4.78 is 0. The zero-order valence-corrected chi connectivity index (χ0v) is 12.9. The number of nitrogens with zero attached hydrogens (tertiary/aromatic N) is 1. The minimum absolute atomic E-state index is 0.147. The Morgan fingerprint density at radius 1 is 1.28 bits per heavy atom. The number of rotatable bonds is 6. The SMILES string of the molecule is CCC(C)(C(Cc1ccc(Cl)cc1)NC)N(C)C. The van der Waals surface area contributed by atoms with Gasteiger partial charge in [0.15, 0.2) is 0 Å². The van der Waals surface area contributed by atoms with E-state index in [0.29, 0.717) is 6.04 Å². The third kappa shape index (κ3) is 3.47. The Hall–Kier alpha value is -0.570. The van der Waals surface area contributed by atoms with Gasteiger partial charge < -0.3 is 10.2 Å². The lowest BCUT2D eigenvalue weighted by Gasteiger charge is -2.42. The van der Waals surface area contributed by atoms with Crippen molar-refractivity contribution in [2.24, 2.45) is 0 Å². The Bertz CT molecular complexity index is 361. The van der Waals surface area contributed by atoms with E-state index in [4.69, 9.17) is 11.6 Å². The van der Waals surface area contributed by atoms with E-state index >= 15 is 0 Å². The molecule has 0 fully saturated rings. The van der Waals surface area contributed by atoms with E-state index in [0.717, 1.165) is 17.9 Å². The second kappa shape index (κ2) is 6.55. The third-order valence-electron chi connectivity index (χ3n) is 4.19. The van der Waals surface area contributed by atoms with Crippen LogP contribution in [0, 0.1) is 0 Å². The topological polar surface area (TPSA) is 15.3 Å². The number of hydrogen-bond acceptors (Lipinski definition) is 2. The highest BCUT2D eigenvalue weighted by Gasteiger charge is 2.33. The summed E-state index contributed by atoms with van der Waals surface area (Å²) in [6.07, 6.45) is 2.12. The zero-order valence-electron chi connectivity index (χ0n) is 12.1. The molecule has 0 heterocycles. The lowest BCUT2D eigenvalue weighted by atomic mass is 9.84. The summed E-state index contributed by atoms with van der Waals surface area (Å²) in [7, 11) is 6.34. The van der Waals surface area contributed by atoms with Crippen molar-refractivity contribution in [3.63, 3.8) is 0 Å². The van der Waals surface area contributed by atoms with Gasteiger partial charge in [-0.05, 0) is 58.6 Å². The van der Waals surface area contributed by atoms with Gasteiger partial charge in [0, 0.05) is 16.6 Å². The molecule has 0 radical (unpaired) electrons. The largest absolute Gasteiger partial charge is 0.315 e. The maximum Gasteiger partial charge on any atom is 0.0406 e. The standard InChI is InChI=1S/C15H25ClN2/c1-6-15(2,18(4)5)14(17-3)11-12-7-9-13(16)10-8-12/h7-10,14,17H,6,11H2,1-5H3. The van der Waals surface area contributed by atoms with Gasteiger partial charge in [-0.15, -0.1) is 0 Å². The molecule has 3 heteroatoms. The molecule has 1 rings (SSSR count). The molecular weight excluding hydrogens is 244 g/mol. The van der Waals surface area contributed by atoms with E-state index in [9.17, 15) is 0 Å². The van der Waals surface area contributed by atoms with Gasteiger partial charge in [0.05, 0.1) is 0 Å². The van der Waals surface area contributed by atoms with Crippen LogP contribution in [-0.4, -0.2) is 37.6 Å². The molecular formula is C15H25ClN2. The van der Waals surface area contributed by atoms with Gasteiger partial charge in [-0.3, -0.25) is 0 Å². The minimum Gasteiger partial charge on any atom is -0.315 e. The van der Waals surface area contributed by atoms with E-state index in [1.165, 1.54) is 5.56 Å². The highest BCUT2D eigenvalue weighted by Crippen LogP contribution is 2.24. The van der Waals surface area contributed by atoms with E-state index in [-0.39, 0.29) is 5.54 Å². The molecule has 0 saturated carbocycles. The summed E-state index contributed by atoms with van der Waals surface area (Å²) in [5.41, 5.74) is 1.47. The fraction of sp³-hybridized carbons (Fsp3) is 0.600. The first-order valence-corrected chi connectivity index (χ1v) is 6.91. The molecule has 2 unspecified atom stereocenters. The lowest BCUT2D eigenvalue weighted by Crippen LogP contribution is -2.56. The van der Waals surface area contributed by atoms with E-state index in [1.807, 2.05) is 19.2 Å². The van der Waals surface area contributed by atoms with Crippen LogP contribution in [0.15, 0.2) is 24.3 Å². The number of likely N-dealkylation sites (N-methyl/N-ethyl adjacent to an activating group) is 2. The second-order valence-electron chi connectivity index (χ2n) is 5.28. The molecule has 2 nitrogen and oxygen atoms in total. The van der Waals surface area contributed by atoms with Crippen LogP contribution in [0.25, 0.3) is 0 Å². The molecule has 0 amide bonds. The molecule has 0 bridgehead atoms. The molecule has 1 N–H and O–H groups in total. The molecule has 18 heavy (non-hydrogen) atoms. The highest BCUT2D eigenvalue weighted by atomic mass is 35.5. The summed E-state index contributed by atoms with van der Waals surface area (Å²) in [5, 5.41) is 4.26. The van der Waals surface area contributed by atoms with Crippen LogP contribution < -0.4 is 5.32 Å². The van der Waals surface area contributed by atoms with Crippen molar-refractivity contribution < 1.29 is 0 Å². The molecule has 0 aliphatic rings. The summed E-state index contributed by atoms with van der Waals surface area (Å²) in [4.78, 5) is 2.31. The number of nitrogens with one attached hydrogen (secondary N) is 1. The highest BCUT2D eigenvalue weighted by molar-refractivity contribution is 6.30. The molecule has 0 aromatic heterocycles. The normalized spacial score (nSPS) is 16.6. The molecule has 0 aliphatic carbocycles. The van der Waals surface area contributed by atoms with E-state index in [2.05, 4.69) is 50.3 Å². The third-order valence-corrected chi connectivity index (χ3v) is 4.44. The van der Waals surface area contributed by atoms with Crippen LogP contribution in [-0.2, 0) is 6.42 Å². The zero-order chi connectivity index (χ0) is 13.8. The Kier molecular flexibility index (Phi) is 5.64. The summed E-state index contributed by atoms with van der Waals surface area (Å²) in [6.45, 7) is 4.55. The smallest absolute Gasteiger partial charge is 0.0406 e. The van der Waals surface area contributed by atoms with Crippen LogP contribution in [0.1, 0.15) is 25.8 Å². The molecule has 2 atom stereocenters. The molecule has 1 aromatic rings. The van der Waals surface area contributed by atoms with Crippen molar-refractivity contribution in [2.45, 2.75) is 38.3 Å². The number of benzene rings is 1. The average Bonchev–Trinajstić information content (AvgIpc) is 2.37. The van der Waals surface area contributed by atoms with Crippen LogP contribution in [0.3, 0.4) is 0 Å². The summed E-state index contributed by atoms with van der Waals surface area (Å²) in [6, 6.07) is 8.56. The summed E-state index contributed by atoms with van der Waals surface area (Å²) >= 11 is 5.93. The van der Waals surface area contributed by atoms with E-state index < -0.39 is 0 Å². The van der Waals surface area contributed by atoms with Gasteiger partial charge in [-0.25, -0.2) is 0 Å². The first kappa shape index (κ1) is 15.5. The fourth-order valence-electron chi connectivity index (χ4n) is 2.36. The predicted molar refractivity (Wildman–Crippen MR) is 80.4 cm³/mol. The van der Waals surface area contributed by atoms with Crippen LogP contribution in [0.4, 0.5) is 0 Å². The molecule has 0 spiro atoms. The fourth-order valence-corrected chi connectivity index (χ4v) is 2.49. The number of halogens is 1. The van der Waals surface area contributed by atoms with Crippen molar-refractivity contribution in [1.82, 2.24) is 10.2 Å². The van der Waals surface area contributed by atoms with Gasteiger partial charge in [0.2, 0.25) is 0 Å². The van der Waals surface area contributed by atoms with Gasteiger partial charge in [0.1, 0.15) is 0 Å². The van der Waals surface area contributed by atoms with Gasteiger partial charge >= 0.3 is 0 Å². The first-order chi connectivity index (χ1) is 8.43. The van der Waals surface area contributed by atoms with Gasteiger partial charge in [-0.1, -0.05) is 30.7 Å². The summed E-state index contributed by atoms with van der Waals surface area (Å²) in [5.74, 6) is 0. The Labute approximate surface area is 116 Å². The Balaban J connectivity index is 2.87. The second-order valence-corrected chi connectivity index (χ2v) is 5.71. The van der Waals surface area contributed by atoms with Gasteiger partial charge in [-0.2, -0.15) is 0 Å². The molecule has 0 saturated heterocycles. The lowest BCUT2D eigenvalue weighted by molar-refractivity contribution is 0.116. The monoisotopic (exact) mass is 268 g/mol. The number of hydrogen-bond donors (Lipinski definition) is 1. The van der Waals surface area contributed by atoms with Crippen molar-refractivity contribution >= 4 is 11.6 Å². The van der Waals surface area contributed by atoms with E-state index in [1.54, 1.807) is 0 Å². The molecule has 0 aliphatic heterocycles. The van der Waals surface area contributed by atoms with Crippen molar-refractivity contribution in [3.05, 3.63) is 34.9 Å². The van der Waals surface area contributed by atoms with Crippen molar-refractivity contribution in [1.29, 1.82) is 0 Å². The van der Waals surface area contributed by atoms with Crippen molar-refractivity contribution in [2.75, 3.05) is 21.1 Å². The van der Waals surface area contributed by atoms with Crippen molar-refractivity contribution in [3.8, 4) is 0 Å². The maximum absolute atomic E-state index is 5.93. The Morgan fingerprint density at radius 3 is 2.22 bits per heavy atom. The average molecular weight is 269 g/mol. The predicted octanol–water partition coefficient (Wildman–Crippen LogP) is 3.20. The molecule has 1 aromatic carbocycles. The Morgan fingerprint density at radius 2 is 1.83 bits per heavy atom. The first-order valence-electron chi connectivity index (χ1n) is 6.53. The van der Waals surface area contributed by atoms with Crippen LogP contribution in [0.5, 0.6) is 0 Å². The quantitative estimate of drug-likeness (QED) is 0.852. The van der Waals surface area contributed by atoms with Gasteiger partial charge in [0.25, 0.3) is 0 Å². The van der Waals surface area contributed by atoms with Crippen LogP contribution >= 0.6 is 11.6 Å². The van der Waals surface area contributed by atoms with Crippen LogP contribution in [0.2, 0.25) is 5.02 Å².